The average Bonchev–Trinajstić information content (AvgIpc) is 3.28. The van der Waals surface area contributed by atoms with Crippen LogP contribution < -0.4 is 10.3 Å². The number of phosphoric ester groups is 1. The van der Waals surface area contributed by atoms with Crippen LogP contribution in [0.25, 0.3) is 17.4 Å². The van der Waals surface area contributed by atoms with E-state index in [1.807, 2.05) is 18.2 Å². The number of hydrogen-bond donors (Lipinski definition) is 3. The second-order valence-electron chi connectivity index (χ2n) is 7.72. The second kappa shape index (κ2) is 10.6. The van der Waals surface area contributed by atoms with E-state index in [1.54, 1.807) is 24.4 Å². The van der Waals surface area contributed by atoms with Crippen molar-refractivity contribution in [2.75, 3.05) is 5.73 Å². The van der Waals surface area contributed by atoms with E-state index in [2.05, 4.69) is 58.2 Å². The number of rotatable bonds is 9. The first-order valence-corrected chi connectivity index (χ1v) is 12.1. The summed E-state index contributed by atoms with van der Waals surface area (Å²) in [6.45, 7) is -0.392. The molecule has 0 bridgehead atoms. The van der Waals surface area contributed by atoms with Crippen molar-refractivity contribution in [2.45, 2.75) is 19.6 Å². The molecule has 0 amide bonds. The number of nitrogens with zero attached hydrogens (tertiary/aromatic N) is 2. The minimum Gasteiger partial charge on any atom is -0.356 e. The molecule has 0 aliphatic carbocycles. The Morgan fingerprint density at radius 2 is 1.79 bits per heavy atom. The number of allylic oxidation sites excluding steroid dienone is 1. The molecule has 0 atom stereocenters. The summed E-state index contributed by atoms with van der Waals surface area (Å²) in [6.07, 6.45) is 7.29. The van der Waals surface area contributed by atoms with Gasteiger partial charge in [0.15, 0.2) is 5.76 Å². The maximum atomic E-state index is 11.0. The fourth-order valence-electron chi connectivity index (χ4n) is 3.44. The lowest BCUT2D eigenvalue weighted by Gasteiger charge is -2.07. The lowest BCUT2D eigenvalue weighted by atomic mass is 10.1. The maximum Gasteiger partial charge on any atom is 0.472 e. The first kappa shape index (κ1) is 23.6. The molecule has 0 fully saturated rings. The number of nitrogens with two attached hydrogens (primary N) is 1. The molecule has 0 aliphatic heterocycles. The van der Waals surface area contributed by atoms with Crippen LogP contribution in [0.4, 0.5) is 5.82 Å². The van der Waals surface area contributed by atoms with Gasteiger partial charge >= 0.3 is 7.82 Å². The molecule has 0 spiro atoms. The van der Waals surface area contributed by atoms with Gasteiger partial charge in [0.2, 0.25) is 6.73 Å². The van der Waals surface area contributed by atoms with Gasteiger partial charge in [-0.3, -0.25) is 5.73 Å². The minimum absolute atomic E-state index is 0.241. The molecule has 0 unspecified atom stereocenters. The third-order valence-corrected chi connectivity index (χ3v) is 5.63. The average molecular weight is 478 g/mol. The summed E-state index contributed by atoms with van der Waals surface area (Å²) in [5, 5.41) is 4.14. The highest BCUT2D eigenvalue weighted by Crippen LogP contribution is 2.35. The Hall–Kier alpha value is -3.55. The number of nitrogen functional groups attached to an aromatic ring is 1. The minimum atomic E-state index is -4.61. The highest BCUT2D eigenvalue weighted by atomic mass is 31.2. The summed E-state index contributed by atoms with van der Waals surface area (Å²) in [7, 11) is -4.61. The number of pyridine rings is 1. The Balaban J connectivity index is 1.40. The first-order chi connectivity index (χ1) is 16.4. The number of phosphoric acid groups is 1. The van der Waals surface area contributed by atoms with Gasteiger partial charge in [0, 0.05) is 12.5 Å². The van der Waals surface area contributed by atoms with Gasteiger partial charge in [0.25, 0.3) is 5.82 Å². The number of aromatic nitrogens is 2. The lowest BCUT2D eigenvalue weighted by molar-refractivity contribution is -0.711. The van der Waals surface area contributed by atoms with Crippen LogP contribution in [0.5, 0.6) is 0 Å². The molecule has 4 N–H and O–H groups in total. The van der Waals surface area contributed by atoms with Crippen LogP contribution in [0.3, 0.4) is 0 Å². The molecule has 0 aliphatic rings. The van der Waals surface area contributed by atoms with Crippen LogP contribution in [0.2, 0.25) is 0 Å². The fourth-order valence-corrected chi connectivity index (χ4v) is 3.72. The summed E-state index contributed by atoms with van der Waals surface area (Å²) >= 11 is 0. The Morgan fingerprint density at radius 3 is 2.53 bits per heavy atom. The molecule has 8 nitrogen and oxygen atoms in total. The zero-order valence-electron chi connectivity index (χ0n) is 18.3. The van der Waals surface area contributed by atoms with Gasteiger partial charge in [-0.05, 0) is 35.2 Å². The highest BCUT2D eigenvalue weighted by Gasteiger charge is 2.20. The molecule has 9 heteroatoms. The summed E-state index contributed by atoms with van der Waals surface area (Å²) in [5.74, 6) is 0.698. The van der Waals surface area contributed by atoms with Gasteiger partial charge in [0.05, 0.1) is 11.9 Å². The van der Waals surface area contributed by atoms with Crippen molar-refractivity contribution in [3.8, 4) is 11.3 Å². The van der Waals surface area contributed by atoms with Gasteiger partial charge in [-0.25, -0.2) is 13.7 Å². The molecule has 0 radical (unpaired) electrons. The zero-order valence-corrected chi connectivity index (χ0v) is 19.2. The smallest absolute Gasteiger partial charge is 0.356 e. The second-order valence-corrected chi connectivity index (χ2v) is 8.96. The molecule has 0 saturated carbocycles. The molecule has 2 heterocycles. The van der Waals surface area contributed by atoms with Gasteiger partial charge in [-0.15, -0.1) is 0 Å². The van der Waals surface area contributed by atoms with Crippen LogP contribution in [-0.2, 0) is 28.7 Å². The topological polar surface area (TPSA) is 123 Å². The van der Waals surface area contributed by atoms with E-state index >= 15 is 0 Å². The standard InChI is InChI=1S/C25H24N3O5P/c26-25-23(10-5-15-28(25)18-32-34(29,30)31)24-17-22(27-33-24)16-21-13-11-20(12-14-21)9-4-8-19-6-2-1-3-7-19/h1-7,9-15,17,26H,8,16,18H2,(H2,29,30,31)/p+1/b9-4+. The maximum absolute atomic E-state index is 11.0. The third kappa shape index (κ3) is 6.50. The number of hydrogen-bond acceptors (Lipinski definition) is 5. The molecular formula is C25H25N3O5P+. The first-order valence-electron chi connectivity index (χ1n) is 10.6. The highest BCUT2D eigenvalue weighted by molar-refractivity contribution is 7.46. The molecule has 2 aromatic heterocycles. The Bertz CT molecular complexity index is 1310. The molecular weight excluding hydrogens is 453 g/mol. The van der Waals surface area contributed by atoms with E-state index in [1.165, 1.54) is 10.1 Å². The van der Waals surface area contributed by atoms with Crippen molar-refractivity contribution >= 4 is 19.7 Å². The monoisotopic (exact) mass is 478 g/mol. The fraction of sp³-hybridized carbons (Fsp3) is 0.120. The van der Waals surface area contributed by atoms with Crippen molar-refractivity contribution in [3.63, 3.8) is 0 Å². The molecule has 4 aromatic rings. The normalized spacial score (nSPS) is 11.8. The summed E-state index contributed by atoms with van der Waals surface area (Å²) < 4.78 is 22.3. The number of anilines is 1. The van der Waals surface area contributed by atoms with Gasteiger partial charge in [-0.2, -0.15) is 0 Å². The van der Waals surface area contributed by atoms with E-state index in [-0.39, 0.29) is 5.82 Å². The predicted molar refractivity (Wildman–Crippen MR) is 128 cm³/mol. The lowest BCUT2D eigenvalue weighted by Crippen LogP contribution is -2.38. The van der Waals surface area contributed by atoms with Crippen LogP contribution in [-0.4, -0.2) is 14.9 Å². The van der Waals surface area contributed by atoms with E-state index in [0.29, 0.717) is 17.7 Å². The van der Waals surface area contributed by atoms with E-state index < -0.39 is 14.6 Å². The molecule has 0 saturated heterocycles. The predicted octanol–water partition coefficient (Wildman–Crippen LogP) is 4.12. The van der Waals surface area contributed by atoms with Crippen molar-refractivity contribution in [3.05, 3.63) is 107 Å². The number of benzene rings is 2. The van der Waals surface area contributed by atoms with Gasteiger partial charge < -0.3 is 14.3 Å². The van der Waals surface area contributed by atoms with Crippen molar-refractivity contribution < 1.29 is 28.0 Å². The zero-order chi connectivity index (χ0) is 24.0. The van der Waals surface area contributed by atoms with Crippen LogP contribution in [0.1, 0.15) is 22.4 Å². The van der Waals surface area contributed by atoms with E-state index in [4.69, 9.17) is 20.0 Å². The largest absolute Gasteiger partial charge is 0.472 e. The van der Waals surface area contributed by atoms with Gasteiger partial charge in [0.1, 0.15) is 5.56 Å². The van der Waals surface area contributed by atoms with E-state index in [9.17, 15) is 4.57 Å². The van der Waals surface area contributed by atoms with Crippen molar-refractivity contribution in [1.29, 1.82) is 0 Å². The SMILES string of the molecule is Nc1c(-c2cc(Cc3ccc(/C=C/Cc4ccccc4)cc3)no2)ccc[n+]1COP(=O)(O)O. The Kier molecular flexibility index (Phi) is 7.35. The van der Waals surface area contributed by atoms with Crippen LogP contribution in [0.15, 0.2) is 89.6 Å². The Morgan fingerprint density at radius 1 is 1.03 bits per heavy atom. The van der Waals surface area contributed by atoms with E-state index in [0.717, 1.165) is 23.2 Å². The molecule has 174 valence electrons. The van der Waals surface area contributed by atoms with Gasteiger partial charge in [-0.1, -0.05) is 71.9 Å². The summed E-state index contributed by atoms with van der Waals surface area (Å²) in [6, 6.07) is 23.8. The molecule has 34 heavy (non-hydrogen) atoms. The molecule has 2 aromatic carbocycles. The van der Waals surface area contributed by atoms with Crippen molar-refractivity contribution in [1.82, 2.24) is 5.16 Å². The molecule has 4 rings (SSSR count). The summed E-state index contributed by atoms with van der Waals surface area (Å²) in [4.78, 5) is 17.8. The third-order valence-electron chi connectivity index (χ3n) is 5.18. The summed E-state index contributed by atoms with van der Waals surface area (Å²) in [5.41, 5.74) is 10.9. The van der Waals surface area contributed by atoms with Crippen molar-refractivity contribution in [2.24, 2.45) is 0 Å². The quantitative estimate of drug-likeness (QED) is 0.244. The van der Waals surface area contributed by atoms with Crippen LogP contribution >= 0.6 is 7.82 Å². The van der Waals surface area contributed by atoms with Crippen LogP contribution in [0, 0.1) is 0 Å². The Labute approximate surface area is 197 Å².